The van der Waals surface area contributed by atoms with Crippen molar-refractivity contribution in [2.24, 2.45) is 0 Å². The van der Waals surface area contributed by atoms with Crippen LogP contribution in [-0.2, 0) is 9.53 Å². The zero-order valence-corrected chi connectivity index (χ0v) is 23.4. The number of thiocarbonyl (C=S) groups is 1. The third kappa shape index (κ3) is 6.68. The summed E-state index contributed by atoms with van der Waals surface area (Å²) >= 11 is 7.01. The van der Waals surface area contributed by atoms with Crippen LogP contribution in [0.5, 0.6) is 5.75 Å². The summed E-state index contributed by atoms with van der Waals surface area (Å²) in [6, 6.07) is 15.0. The average molecular weight is 553 g/mol. The van der Waals surface area contributed by atoms with Gasteiger partial charge in [-0.2, -0.15) is 0 Å². The first-order valence-corrected chi connectivity index (χ1v) is 13.9. The standard InChI is InChI=1S/C28H32N4O4S2/c1-4-36-27(34)18(2)29-28(37)32-14-12-20(13-15-32)26-31-24(17-38-26)25(33)30-23-16-21(35-3)10-11-22(23)19-8-6-5-7-9-19/h5-11,16-18,20H,4,12-15H2,1-3H3,(H,29,37)(H,30,33). The number of anilines is 1. The molecule has 0 saturated carbocycles. The number of hydrogen-bond acceptors (Lipinski definition) is 7. The number of benzene rings is 2. The van der Waals surface area contributed by atoms with Crippen molar-refractivity contribution in [2.75, 3.05) is 32.1 Å². The Labute approximate surface area is 232 Å². The van der Waals surface area contributed by atoms with E-state index in [0.717, 1.165) is 42.1 Å². The molecule has 1 atom stereocenters. The highest BCUT2D eigenvalue weighted by molar-refractivity contribution is 7.80. The molecule has 2 aromatic carbocycles. The monoisotopic (exact) mass is 552 g/mol. The molecular weight excluding hydrogens is 520 g/mol. The van der Waals surface area contributed by atoms with Gasteiger partial charge >= 0.3 is 5.97 Å². The number of hydrogen-bond donors (Lipinski definition) is 2. The van der Waals surface area contributed by atoms with E-state index in [0.29, 0.717) is 28.9 Å². The molecule has 38 heavy (non-hydrogen) atoms. The Morgan fingerprint density at radius 3 is 2.61 bits per heavy atom. The van der Waals surface area contributed by atoms with Gasteiger partial charge in [-0.1, -0.05) is 30.3 Å². The van der Waals surface area contributed by atoms with E-state index in [1.165, 1.54) is 11.3 Å². The van der Waals surface area contributed by atoms with Crippen LogP contribution < -0.4 is 15.4 Å². The van der Waals surface area contributed by atoms with Crippen LogP contribution in [0.2, 0.25) is 0 Å². The molecule has 1 amide bonds. The summed E-state index contributed by atoms with van der Waals surface area (Å²) in [5, 5.41) is 9.40. The number of nitrogens with zero attached hydrogens (tertiary/aromatic N) is 2. The summed E-state index contributed by atoms with van der Waals surface area (Å²) in [7, 11) is 1.60. The van der Waals surface area contributed by atoms with Crippen molar-refractivity contribution in [3.8, 4) is 16.9 Å². The minimum atomic E-state index is -0.493. The number of likely N-dealkylation sites (tertiary alicyclic amines) is 1. The van der Waals surface area contributed by atoms with Gasteiger partial charge in [-0.3, -0.25) is 4.79 Å². The van der Waals surface area contributed by atoms with Crippen molar-refractivity contribution in [1.82, 2.24) is 15.2 Å². The molecule has 0 spiro atoms. The van der Waals surface area contributed by atoms with E-state index in [1.54, 1.807) is 21.0 Å². The number of ether oxygens (including phenoxy) is 2. The highest BCUT2D eigenvalue weighted by atomic mass is 32.1. The molecule has 1 saturated heterocycles. The molecule has 4 rings (SSSR count). The number of esters is 1. The number of carbonyl (C=O) groups excluding carboxylic acids is 2. The van der Waals surface area contributed by atoms with Crippen molar-refractivity contribution < 1.29 is 19.1 Å². The van der Waals surface area contributed by atoms with Crippen molar-refractivity contribution in [3.05, 3.63) is 64.6 Å². The van der Waals surface area contributed by atoms with Gasteiger partial charge in [-0.15, -0.1) is 11.3 Å². The highest BCUT2D eigenvalue weighted by Crippen LogP contribution is 2.33. The Bertz CT molecular complexity index is 1270. The van der Waals surface area contributed by atoms with Crippen LogP contribution in [-0.4, -0.2) is 59.7 Å². The maximum Gasteiger partial charge on any atom is 0.328 e. The van der Waals surface area contributed by atoms with Gasteiger partial charge in [-0.25, -0.2) is 9.78 Å². The first-order valence-electron chi connectivity index (χ1n) is 12.6. The molecule has 8 nitrogen and oxygen atoms in total. The number of methoxy groups -OCH3 is 1. The number of carbonyl (C=O) groups is 2. The molecule has 10 heteroatoms. The number of rotatable bonds is 8. The molecule has 2 heterocycles. The number of thiazole rings is 1. The maximum atomic E-state index is 13.2. The van der Waals surface area contributed by atoms with Gasteiger partial charge < -0.3 is 25.0 Å². The fraction of sp³-hybridized carbons (Fsp3) is 0.357. The lowest BCUT2D eigenvalue weighted by Crippen LogP contribution is -2.49. The number of aromatic nitrogens is 1. The van der Waals surface area contributed by atoms with E-state index in [9.17, 15) is 9.59 Å². The molecule has 1 aromatic heterocycles. The van der Waals surface area contributed by atoms with E-state index in [4.69, 9.17) is 21.7 Å². The summed E-state index contributed by atoms with van der Waals surface area (Å²) in [6.45, 7) is 5.36. The molecule has 1 aliphatic rings. The summed E-state index contributed by atoms with van der Waals surface area (Å²) in [5.41, 5.74) is 2.97. The Balaban J connectivity index is 1.37. The second kappa shape index (κ2) is 12.8. The second-order valence-electron chi connectivity index (χ2n) is 8.99. The molecule has 1 unspecified atom stereocenters. The zero-order valence-electron chi connectivity index (χ0n) is 21.7. The topological polar surface area (TPSA) is 92.8 Å². The van der Waals surface area contributed by atoms with Crippen LogP contribution in [0.4, 0.5) is 5.69 Å². The molecule has 1 aliphatic heterocycles. The highest BCUT2D eigenvalue weighted by Gasteiger charge is 2.26. The largest absolute Gasteiger partial charge is 0.497 e. The number of piperidine rings is 1. The normalized spacial score (nSPS) is 14.4. The molecular formula is C28H32N4O4S2. The third-order valence-corrected chi connectivity index (χ3v) is 7.81. The first kappa shape index (κ1) is 27.5. The lowest BCUT2D eigenvalue weighted by Gasteiger charge is -2.33. The molecule has 0 aliphatic carbocycles. The van der Waals surface area contributed by atoms with E-state index < -0.39 is 6.04 Å². The van der Waals surface area contributed by atoms with Gasteiger partial charge in [0.25, 0.3) is 5.91 Å². The Morgan fingerprint density at radius 1 is 1.18 bits per heavy atom. The summed E-state index contributed by atoms with van der Waals surface area (Å²) in [5.74, 6) is 0.339. The van der Waals surface area contributed by atoms with Crippen molar-refractivity contribution in [3.63, 3.8) is 0 Å². The van der Waals surface area contributed by atoms with Gasteiger partial charge in [-0.05, 0) is 56.6 Å². The van der Waals surface area contributed by atoms with Crippen molar-refractivity contribution in [2.45, 2.75) is 38.6 Å². The Kier molecular flexibility index (Phi) is 9.30. The molecule has 1 fully saturated rings. The maximum absolute atomic E-state index is 13.2. The van der Waals surface area contributed by atoms with Crippen LogP contribution in [0.15, 0.2) is 53.9 Å². The molecule has 2 N–H and O–H groups in total. The second-order valence-corrected chi connectivity index (χ2v) is 10.3. The van der Waals surface area contributed by atoms with Crippen LogP contribution in [0.25, 0.3) is 11.1 Å². The lowest BCUT2D eigenvalue weighted by molar-refractivity contribution is -0.144. The minimum Gasteiger partial charge on any atom is -0.497 e. The fourth-order valence-corrected chi connectivity index (χ4v) is 5.65. The predicted molar refractivity (Wildman–Crippen MR) is 154 cm³/mol. The van der Waals surface area contributed by atoms with Gasteiger partial charge in [0.2, 0.25) is 0 Å². The van der Waals surface area contributed by atoms with Crippen LogP contribution in [0.3, 0.4) is 0 Å². The zero-order chi connectivity index (χ0) is 27.1. The first-order chi connectivity index (χ1) is 18.4. The van der Waals surface area contributed by atoms with E-state index >= 15 is 0 Å². The summed E-state index contributed by atoms with van der Waals surface area (Å²) < 4.78 is 10.4. The predicted octanol–water partition coefficient (Wildman–Crippen LogP) is 5.08. The van der Waals surface area contributed by atoms with Crippen molar-refractivity contribution >= 4 is 46.2 Å². The van der Waals surface area contributed by atoms with E-state index in [-0.39, 0.29) is 17.8 Å². The smallest absolute Gasteiger partial charge is 0.328 e. The van der Waals surface area contributed by atoms with Gasteiger partial charge in [0.15, 0.2) is 5.11 Å². The van der Waals surface area contributed by atoms with Gasteiger partial charge in [0, 0.05) is 36.0 Å². The SMILES string of the molecule is CCOC(=O)C(C)NC(=S)N1CCC(c2nc(C(=O)Nc3cc(OC)ccc3-c3ccccc3)cs2)CC1. The molecule has 200 valence electrons. The van der Waals surface area contributed by atoms with Crippen LogP contribution >= 0.6 is 23.6 Å². The number of amides is 1. The summed E-state index contributed by atoms with van der Waals surface area (Å²) in [4.78, 5) is 31.8. The fourth-order valence-electron chi connectivity index (χ4n) is 4.32. The number of nitrogens with one attached hydrogen (secondary N) is 2. The summed E-state index contributed by atoms with van der Waals surface area (Å²) in [6.07, 6.45) is 1.72. The Hall–Kier alpha value is -3.50. The average Bonchev–Trinajstić information content (AvgIpc) is 3.44. The van der Waals surface area contributed by atoms with E-state index in [1.807, 2.05) is 53.9 Å². The lowest BCUT2D eigenvalue weighted by atomic mass is 9.98. The third-order valence-electron chi connectivity index (χ3n) is 6.43. The van der Waals surface area contributed by atoms with Crippen LogP contribution in [0.1, 0.15) is 48.1 Å². The Morgan fingerprint density at radius 2 is 1.92 bits per heavy atom. The van der Waals surface area contributed by atoms with Crippen molar-refractivity contribution in [1.29, 1.82) is 0 Å². The van der Waals surface area contributed by atoms with E-state index in [2.05, 4.69) is 20.5 Å². The van der Waals surface area contributed by atoms with Crippen LogP contribution in [0, 0.1) is 0 Å². The minimum absolute atomic E-state index is 0.250. The molecule has 3 aromatic rings. The van der Waals surface area contributed by atoms with Gasteiger partial charge in [0.1, 0.15) is 17.5 Å². The van der Waals surface area contributed by atoms with Gasteiger partial charge in [0.05, 0.1) is 24.4 Å². The quantitative estimate of drug-likeness (QED) is 0.295. The molecule has 0 bridgehead atoms. The molecule has 0 radical (unpaired) electrons.